The lowest BCUT2D eigenvalue weighted by Gasteiger charge is -2.15. The minimum absolute atomic E-state index is 0.0659. The first-order chi connectivity index (χ1) is 11.3. The number of aryl methyl sites for hydroxylation is 2. The van der Waals surface area contributed by atoms with E-state index in [9.17, 15) is 14.9 Å². The van der Waals surface area contributed by atoms with Crippen LogP contribution in [0.5, 0.6) is 5.75 Å². The zero-order valence-corrected chi connectivity index (χ0v) is 15.1. The number of benzene rings is 2. The molecule has 2 aromatic carbocycles. The smallest absolute Gasteiger partial charge is 0.311 e. The van der Waals surface area contributed by atoms with Crippen molar-refractivity contribution >= 4 is 33.2 Å². The largest absolute Gasteiger partial charge is 0.474 e. The topological polar surface area (TPSA) is 81.5 Å². The van der Waals surface area contributed by atoms with Gasteiger partial charge in [0.05, 0.1) is 10.6 Å². The molecule has 7 heteroatoms. The van der Waals surface area contributed by atoms with Gasteiger partial charge in [-0.05, 0) is 66.0 Å². The molecule has 126 valence electrons. The molecule has 0 fully saturated rings. The zero-order valence-electron chi connectivity index (χ0n) is 13.5. The van der Waals surface area contributed by atoms with E-state index >= 15 is 0 Å². The summed E-state index contributed by atoms with van der Waals surface area (Å²) < 4.78 is 6.24. The highest BCUT2D eigenvalue weighted by atomic mass is 79.9. The van der Waals surface area contributed by atoms with Crippen molar-refractivity contribution in [3.05, 3.63) is 62.1 Å². The number of nitrogens with one attached hydrogen (secondary N) is 1. The van der Waals surface area contributed by atoms with Gasteiger partial charge in [0.15, 0.2) is 11.9 Å². The van der Waals surface area contributed by atoms with Crippen molar-refractivity contribution in [3.8, 4) is 5.75 Å². The van der Waals surface area contributed by atoms with Gasteiger partial charge < -0.3 is 10.1 Å². The second-order valence-electron chi connectivity index (χ2n) is 5.46. The van der Waals surface area contributed by atoms with Crippen LogP contribution in [0.2, 0.25) is 0 Å². The van der Waals surface area contributed by atoms with Crippen molar-refractivity contribution in [2.75, 3.05) is 5.32 Å². The first-order valence-corrected chi connectivity index (χ1v) is 8.06. The molecule has 0 radical (unpaired) electrons. The number of ether oxygens (including phenoxy) is 1. The summed E-state index contributed by atoms with van der Waals surface area (Å²) in [5, 5.41) is 13.8. The molecular formula is C17H17BrN2O4. The fourth-order valence-corrected chi connectivity index (χ4v) is 2.66. The highest BCUT2D eigenvalue weighted by Crippen LogP contribution is 2.29. The second kappa shape index (κ2) is 7.44. The highest BCUT2D eigenvalue weighted by Gasteiger charge is 2.21. The van der Waals surface area contributed by atoms with E-state index in [0.29, 0.717) is 5.69 Å². The molecule has 0 aliphatic carbocycles. The van der Waals surface area contributed by atoms with Crippen molar-refractivity contribution in [3.63, 3.8) is 0 Å². The average molecular weight is 393 g/mol. The van der Waals surface area contributed by atoms with Gasteiger partial charge in [-0.25, -0.2) is 0 Å². The summed E-state index contributed by atoms with van der Waals surface area (Å²) in [6, 6.07) is 10.1. The molecule has 0 spiro atoms. The number of hydrogen-bond acceptors (Lipinski definition) is 4. The van der Waals surface area contributed by atoms with Crippen LogP contribution in [0, 0.1) is 24.0 Å². The van der Waals surface area contributed by atoms with Crippen LogP contribution in [0.3, 0.4) is 0 Å². The van der Waals surface area contributed by atoms with E-state index in [1.807, 2.05) is 19.1 Å². The predicted molar refractivity (Wildman–Crippen MR) is 95.4 cm³/mol. The molecule has 0 saturated heterocycles. The number of rotatable bonds is 5. The Bertz CT molecular complexity index is 792. The maximum absolute atomic E-state index is 12.3. The van der Waals surface area contributed by atoms with E-state index in [2.05, 4.69) is 21.2 Å². The van der Waals surface area contributed by atoms with Gasteiger partial charge in [-0.2, -0.15) is 0 Å². The lowest BCUT2D eigenvalue weighted by atomic mass is 10.2. The lowest BCUT2D eigenvalue weighted by Crippen LogP contribution is -2.30. The van der Waals surface area contributed by atoms with Crippen LogP contribution in [0.4, 0.5) is 11.4 Å². The zero-order chi connectivity index (χ0) is 17.9. The number of halogens is 1. The second-order valence-corrected chi connectivity index (χ2v) is 6.32. The van der Waals surface area contributed by atoms with E-state index in [1.54, 1.807) is 26.0 Å². The Morgan fingerprint density at radius 3 is 2.46 bits per heavy atom. The van der Waals surface area contributed by atoms with Crippen molar-refractivity contribution in [1.82, 2.24) is 0 Å². The molecule has 0 heterocycles. The molecule has 0 aromatic heterocycles. The molecule has 1 amide bonds. The summed E-state index contributed by atoms with van der Waals surface area (Å²) in [5.74, 6) is -0.328. The van der Waals surface area contributed by atoms with Crippen LogP contribution in [-0.2, 0) is 4.79 Å². The van der Waals surface area contributed by atoms with Crippen LogP contribution in [-0.4, -0.2) is 16.9 Å². The van der Waals surface area contributed by atoms with E-state index in [1.165, 1.54) is 12.1 Å². The van der Waals surface area contributed by atoms with E-state index < -0.39 is 16.9 Å². The van der Waals surface area contributed by atoms with Gasteiger partial charge >= 0.3 is 5.69 Å². The molecule has 0 bridgehead atoms. The van der Waals surface area contributed by atoms with Gasteiger partial charge in [0, 0.05) is 10.5 Å². The Hall–Kier alpha value is -2.41. The Labute approximate surface area is 148 Å². The number of hydrogen-bond donors (Lipinski definition) is 1. The minimum Gasteiger partial charge on any atom is -0.474 e. The Morgan fingerprint density at radius 1 is 1.21 bits per heavy atom. The summed E-state index contributed by atoms with van der Waals surface area (Å²) in [4.78, 5) is 22.9. The van der Waals surface area contributed by atoms with Gasteiger partial charge in [-0.3, -0.25) is 14.9 Å². The van der Waals surface area contributed by atoms with Crippen molar-refractivity contribution < 1.29 is 14.5 Å². The number of nitrogens with zero attached hydrogens (tertiary/aromatic N) is 1. The van der Waals surface area contributed by atoms with Gasteiger partial charge in [0.2, 0.25) is 0 Å². The number of nitro benzene ring substituents is 1. The summed E-state index contributed by atoms with van der Waals surface area (Å²) in [5.41, 5.74) is 2.25. The molecule has 0 aliphatic heterocycles. The van der Waals surface area contributed by atoms with Crippen LogP contribution >= 0.6 is 15.9 Å². The predicted octanol–water partition coefficient (Wildman–Crippen LogP) is 4.38. The highest BCUT2D eigenvalue weighted by molar-refractivity contribution is 9.10. The van der Waals surface area contributed by atoms with Gasteiger partial charge in [-0.1, -0.05) is 12.1 Å². The molecule has 6 nitrogen and oxygen atoms in total. The fraction of sp³-hybridized carbons (Fsp3) is 0.235. The third-order valence-corrected chi connectivity index (χ3v) is 4.02. The van der Waals surface area contributed by atoms with Gasteiger partial charge in [0.1, 0.15) is 0 Å². The van der Waals surface area contributed by atoms with Gasteiger partial charge in [-0.15, -0.1) is 0 Å². The Balaban J connectivity index is 2.13. The van der Waals surface area contributed by atoms with Crippen molar-refractivity contribution in [2.45, 2.75) is 26.9 Å². The summed E-state index contributed by atoms with van der Waals surface area (Å²) >= 11 is 3.39. The summed E-state index contributed by atoms with van der Waals surface area (Å²) in [7, 11) is 0. The number of carbonyl (C=O) groups excluding carboxylic acids is 1. The Morgan fingerprint density at radius 2 is 1.83 bits per heavy atom. The lowest BCUT2D eigenvalue weighted by molar-refractivity contribution is -0.386. The molecule has 2 rings (SSSR count). The standard InChI is InChI=1S/C17H17BrN2O4/c1-10-4-6-14(13(18)8-10)19-17(21)12(3)24-16-7-5-11(2)9-15(16)20(22)23/h4-9,12H,1-3H3,(H,19,21)/t12-/m0/s1. The summed E-state index contributed by atoms with van der Waals surface area (Å²) in [6.45, 7) is 5.24. The number of carbonyl (C=O) groups is 1. The first kappa shape index (κ1) is 17.9. The molecular weight excluding hydrogens is 376 g/mol. The molecule has 0 saturated carbocycles. The Kier molecular flexibility index (Phi) is 5.56. The average Bonchev–Trinajstić information content (AvgIpc) is 2.51. The quantitative estimate of drug-likeness (QED) is 0.604. The maximum atomic E-state index is 12.3. The van der Waals surface area contributed by atoms with Crippen molar-refractivity contribution in [1.29, 1.82) is 0 Å². The van der Waals surface area contributed by atoms with Gasteiger partial charge in [0.25, 0.3) is 5.91 Å². The van der Waals surface area contributed by atoms with Crippen LogP contribution in [0.25, 0.3) is 0 Å². The normalized spacial score (nSPS) is 11.7. The number of nitro groups is 1. The van der Waals surface area contributed by atoms with E-state index in [0.717, 1.165) is 15.6 Å². The third-order valence-electron chi connectivity index (χ3n) is 3.37. The number of anilines is 1. The van der Waals surface area contributed by atoms with E-state index in [4.69, 9.17) is 4.74 Å². The van der Waals surface area contributed by atoms with Crippen LogP contribution < -0.4 is 10.1 Å². The molecule has 1 N–H and O–H groups in total. The van der Waals surface area contributed by atoms with Crippen molar-refractivity contribution in [2.24, 2.45) is 0 Å². The maximum Gasteiger partial charge on any atom is 0.311 e. The van der Waals surface area contributed by atoms with Crippen LogP contribution in [0.1, 0.15) is 18.1 Å². The first-order valence-electron chi connectivity index (χ1n) is 7.26. The summed E-state index contributed by atoms with van der Waals surface area (Å²) in [6.07, 6.45) is -0.889. The SMILES string of the molecule is Cc1ccc(NC(=O)[C@H](C)Oc2ccc(C)cc2[N+](=O)[O-])c(Br)c1. The molecule has 0 aliphatic rings. The molecule has 2 aromatic rings. The fourth-order valence-electron chi connectivity index (χ4n) is 2.07. The molecule has 24 heavy (non-hydrogen) atoms. The number of amides is 1. The third kappa shape index (κ3) is 4.32. The monoisotopic (exact) mass is 392 g/mol. The molecule has 1 atom stereocenters. The minimum atomic E-state index is -0.889. The van der Waals surface area contributed by atoms with Crippen LogP contribution in [0.15, 0.2) is 40.9 Å². The van der Waals surface area contributed by atoms with E-state index in [-0.39, 0.29) is 11.4 Å². The molecule has 0 unspecified atom stereocenters.